The van der Waals surface area contributed by atoms with E-state index < -0.39 is 11.8 Å². The van der Waals surface area contributed by atoms with Crippen molar-refractivity contribution in [1.29, 1.82) is 0 Å². The first-order valence-corrected chi connectivity index (χ1v) is 6.45. The van der Waals surface area contributed by atoms with Crippen molar-refractivity contribution in [2.45, 2.75) is 5.79 Å². The number of cyclic esters (lactones) is 1. The Morgan fingerprint density at radius 2 is 1.86 bits per heavy atom. The lowest BCUT2D eigenvalue weighted by Gasteiger charge is -2.17. The predicted molar refractivity (Wildman–Crippen MR) is 77.9 cm³/mol. The molecule has 0 radical (unpaired) electrons. The zero-order chi connectivity index (χ0) is 15.0. The second-order valence-corrected chi connectivity index (χ2v) is 4.78. The molecule has 0 saturated carbocycles. The van der Waals surface area contributed by atoms with Crippen LogP contribution in [-0.2, 0) is 10.5 Å². The summed E-state index contributed by atoms with van der Waals surface area (Å²) in [6.07, 6.45) is 1.22. The summed E-state index contributed by atoms with van der Waals surface area (Å²) in [7, 11) is 1.61. The van der Waals surface area contributed by atoms with E-state index in [2.05, 4.69) is 6.58 Å². The van der Waals surface area contributed by atoms with Crippen LogP contribution in [0.2, 0.25) is 0 Å². The summed E-state index contributed by atoms with van der Waals surface area (Å²) in [5.74, 6) is -1.54. The van der Waals surface area contributed by atoms with E-state index in [1.807, 2.05) is 30.3 Å². The second kappa shape index (κ2) is 4.75. The molecule has 0 fully saturated rings. The number of carbonyl (C=O) groups is 1. The second-order valence-electron chi connectivity index (χ2n) is 4.78. The van der Waals surface area contributed by atoms with Crippen LogP contribution in [0.3, 0.4) is 0 Å². The van der Waals surface area contributed by atoms with Gasteiger partial charge < -0.3 is 14.6 Å². The molecule has 1 unspecified atom stereocenters. The van der Waals surface area contributed by atoms with Gasteiger partial charge in [0.2, 0.25) is 0 Å². The predicted octanol–water partition coefficient (Wildman–Crippen LogP) is 2.86. The molecule has 1 aliphatic rings. The lowest BCUT2D eigenvalue weighted by molar-refractivity contribution is -0.122. The van der Waals surface area contributed by atoms with Crippen molar-refractivity contribution >= 4 is 5.97 Å². The first kappa shape index (κ1) is 13.4. The van der Waals surface area contributed by atoms with Crippen molar-refractivity contribution in [2.75, 3.05) is 7.11 Å². The van der Waals surface area contributed by atoms with Crippen molar-refractivity contribution in [3.63, 3.8) is 0 Å². The maximum absolute atomic E-state index is 11.7. The van der Waals surface area contributed by atoms with Gasteiger partial charge in [-0.05, 0) is 41.5 Å². The molecule has 4 heteroatoms. The smallest absolute Gasteiger partial charge is 0.341 e. The van der Waals surface area contributed by atoms with Crippen molar-refractivity contribution in [1.82, 2.24) is 0 Å². The molecule has 2 aromatic carbocycles. The Balaban J connectivity index is 2.08. The van der Waals surface area contributed by atoms with Crippen molar-refractivity contribution < 1.29 is 19.4 Å². The third-order valence-corrected chi connectivity index (χ3v) is 3.57. The van der Waals surface area contributed by atoms with Gasteiger partial charge in [0.25, 0.3) is 5.79 Å². The molecule has 1 aliphatic heterocycles. The summed E-state index contributed by atoms with van der Waals surface area (Å²) >= 11 is 0. The van der Waals surface area contributed by atoms with Crippen LogP contribution in [0.1, 0.15) is 15.9 Å². The number of ether oxygens (including phenoxy) is 2. The number of fused-ring (bicyclic) bond motifs is 1. The quantitative estimate of drug-likeness (QED) is 0.694. The van der Waals surface area contributed by atoms with Gasteiger partial charge in [-0.1, -0.05) is 24.8 Å². The van der Waals surface area contributed by atoms with Gasteiger partial charge in [-0.25, -0.2) is 4.79 Å². The minimum Gasteiger partial charge on any atom is -0.497 e. The van der Waals surface area contributed by atoms with Crippen molar-refractivity contribution in [3.05, 3.63) is 66.2 Å². The van der Waals surface area contributed by atoms with E-state index in [-0.39, 0.29) is 0 Å². The van der Waals surface area contributed by atoms with Gasteiger partial charge in [-0.15, -0.1) is 0 Å². The molecule has 1 atom stereocenters. The molecule has 1 heterocycles. The van der Waals surface area contributed by atoms with Crippen molar-refractivity contribution in [2.24, 2.45) is 0 Å². The van der Waals surface area contributed by atoms with Crippen LogP contribution in [0, 0.1) is 0 Å². The highest BCUT2D eigenvalue weighted by Gasteiger charge is 2.41. The zero-order valence-electron chi connectivity index (χ0n) is 11.5. The number of hydrogen-bond acceptors (Lipinski definition) is 4. The fourth-order valence-electron chi connectivity index (χ4n) is 2.38. The lowest BCUT2D eigenvalue weighted by atomic mass is 9.96. The van der Waals surface area contributed by atoms with E-state index in [0.29, 0.717) is 11.1 Å². The van der Waals surface area contributed by atoms with Crippen LogP contribution in [0.4, 0.5) is 0 Å². The monoisotopic (exact) mass is 282 g/mol. The van der Waals surface area contributed by atoms with Crippen LogP contribution < -0.4 is 4.74 Å². The number of aliphatic hydroxyl groups is 1. The van der Waals surface area contributed by atoms with Crippen LogP contribution in [-0.4, -0.2) is 18.2 Å². The van der Waals surface area contributed by atoms with Gasteiger partial charge in [0.05, 0.1) is 12.7 Å². The highest BCUT2D eigenvalue weighted by atomic mass is 16.7. The molecule has 21 heavy (non-hydrogen) atoms. The van der Waals surface area contributed by atoms with Gasteiger partial charge in [0, 0.05) is 5.56 Å². The fraction of sp³-hybridized carbons (Fsp3) is 0.118. The summed E-state index contributed by atoms with van der Waals surface area (Å²) in [6.45, 7) is 3.53. The van der Waals surface area contributed by atoms with E-state index in [1.54, 1.807) is 19.2 Å². The topological polar surface area (TPSA) is 55.8 Å². The average Bonchev–Trinajstić information content (AvgIpc) is 2.79. The molecule has 1 N–H and O–H groups in total. The van der Waals surface area contributed by atoms with Crippen LogP contribution in [0.25, 0.3) is 11.1 Å². The van der Waals surface area contributed by atoms with Gasteiger partial charge in [-0.3, -0.25) is 0 Å². The maximum Gasteiger partial charge on any atom is 0.341 e. The Morgan fingerprint density at radius 1 is 1.19 bits per heavy atom. The van der Waals surface area contributed by atoms with Gasteiger partial charge in [0.1, 0.15) is 5.75 Å². The molecule has 3 rings (SSSR count). The third-order valence-electron chi connectivity index (χ3n) is 3.57. The summed E-state index contributed by atoms with van der Waals surface area (Å²) in [4.78, 5) is 11.7. The molecular weight excluding hydrogens is 268 g/mol. The Morgan fingerprint density at radius 3 is 2.48 bits per heavy atom. The van der Waals surface area contributed by atoms with Crippen LogP contribution >= 0.6 is 0 Å². The maximum atomic E-state index is 11.7. The van der Waals surface area contributed by atoms with E-state index >= 15 is 0 Å². The largest absolute Gasteiger partial charge is 0.497 e. The molecule has 4 nitrogen and oxygen atoms in total. The number of methoxy groups -OCH3 is 1. The van der Waals surface area contributed by atoms with E-state index in [0.717, 1.165) is 16.9 Å². The Kier molecular flexibility index (Phi) is 3.03. The molecule has 0 saturated heterocycles. The van der Waals surface area contributed by atoms with E-state index in [9.17, 15) is 9.90 Å². The fourth-order valence-corrected chi connectivity index (χ4v) is 2.38. The molecule has 0 bridgehead atoms. The Bertz CT molecular complexity index is 718. The molecule has 0 aliphatic carbocycles. The minimum atomic E-state index is -1.76. The lowest BCUT2D eigenvalue weighted by Crippen LogP contribution is -2.21. The number of esters is 1. The van der Waals surface area contributed by atoms with Gasteiger partial charge >= 0.3 is 5.97 Å². The first-order valence-electron chi connectivity index (χ1n) is 6.45. The van der Waals surface area contributed by atoms with Crippen LogP contribution in [0.5, 0.6) is 5.75 Å². The SMILES string of the molecule is C=CC1(O)OC(=O)c2ccc(-c3ccc(OC)cc3)cc21. The Hall–Kier alpha value is -2.59. The number of carbonyl (C=O) groups excluding carboxylic acids is 1. The molecule has 0 amide bonds. The third kappa shape index (κ3) is 2.10. The molecular formula is C17H14O4. The highest BCUT2D eigenvalue weighted by molar-refractivity contribution is 5.95. The molecule has 106 valence electrons. The number of hydrogen-bond donors (Lipinski definition) is 1. The zero-order valence-corrected chi connectivity index (χ0v) is 11.5. The molecule has 0 aromatic heterocycles. The van der Waals surface area contributed by atoms with E-state index in [1.165, 1.54) is 6.08 Å². The summed E-state index contributed by atoms with van der Waals surface area (Å²) in [5, 5.41) is 10.3. The summed E-state index contributed by atoms with van der Waals surface area (Å²) < 4.78 is 10.1. The van der Waals surface area contributed by atoms with Gasteiger partial charge in [0.15, 0.2) is 0 Å². The normalized spacial score (nSPS) is 19.8. The Labute approximate surface area is 122 Å². The minimum absolute atomic E-state index is 0.356. The average molecular weight is 282 g/mol. The summed E-state index contributed by atoms with van der Waals surface area (Å²) in [6, 6.07) is 12.7. The first-order chi connectivity index (χ1) is 10.1. The number of rotatable bonds is 3. The molecule has 0 spiro atoms. The van der Waals surface area contributed by atoms with Crippen LogP contribution in [0.15, 0.2) is 55.1 Å². The summed E-state index contributed by atoms with van der Waals surface area (Å²) in [5.41, 5.74) is 2.59. The van der Waals surface area contributed by atoms with E-state index in [4.69, 9.17) is 9.47 Å². The standard InChI is InChI=1S/C17H14O4/c1-3-17(19)15-10-12(6-9-14(15)16(18)21-17)11-4-7-13(20-2)8-5-11/h3-10,19H,1H2,2H3. The number of benzene rings is 2. The molecule has 2 aromatic rings. The van der Waals surface area contributed by atoms with Crippen molar-refractivity contribution in [3.8, 4) is 16.9 Å². The van der Waals surface area contributed by atoms with Gasteiger partial charge in [-0.2, -0.15) is 0 Å². The highest BCUT2D eigenvalue weighted by Crippen LogP contribution is 2.37.